The summed E-state index contributed by atoms with van der Waals surface area (Å²) in [5, 5.41) is 12.2. The van der Waals surface area contributed by atoms with Crippen molar-refractivity contribution in [1.29, 1.82) is 5.26 Å². The van der Waals surface area contributed by atoms with Gasteiger partial charge in [-0.15, -0.1) is 0 Å². The molecule has 1 aromatic carbocycles. The first kappa shape index (κ1) is 17.3. The Morgan fingerprint density at radius 1 is 1.52 bits per heavy atom. The smallest absolute Gasteiger partial charge is 0.276 e. The zero-order chi connectivity index (χ0) is 17.0. The average molecular weight is 316 g/mol. The van der Waals surface area contributed by atoms with E-state index in [9.17, 15) is 10.1 Å². The van der Waals surface area contributed by atoms with E-state index in [0.29, 0.717) is 19.0 Å². The maximum atomic E-state index is 12.3. The molecule has 1 amide bonds. The number of nitrogens with one attached hydrogen (secondary N) is 2. The van der Waals surface area contributed by atoms with Crippen LogP contribution in [0.15, 0.2) is 18.2 Å². The van der Waals surface area contributed by atoms with E-state index in [4.69, 9.17) is 4.74 Å². The third kappa shape index (κ3) is 4.46. The molecule has 1 aromatic rings. The molecule has 1 saturated carbocycles. The fraction of sp³-hybridized carbons (Fsp3) is 0.556. The first-order chi connectivity index (χ1) is 10.9. The van der Waals surface area contributed by atoms with Crippen molar-refractivity contribution in [3.8, 4) is 11.8 Å². The summed E-state index contributed by atoms with van der Waals surface area (Å²) in [6.07, 6.45) is 2.04. The lowest BCUT2D eigenvalue weighted by Crippen LogP contribution is -3.09. The number of carbonyl (C=O) groups excluding carboxylic acids is 1. The maximum Gasteiger partial charge on any atom is 0.276 e. The number of quaternary nitrogens is 1. The van der Waals surface area contributed by atoms with Crippen molar-refractivity contribution in [2.24, 2.45) is 5.92 Å². The molecular formula is C18H26N3O2+. The summed E-state index contributed by atoms with van der Waals surface area (Å²) in [6, 6.07) is 8.31. The first-order valence-corrected chi connectivity index (χ1v) is 8.05. The van der Waals surface area contributed by atoms with Crippen LogP contribution in [0.1, 0.15) is 30.9 Å². The molecule has 1 aliphatic carbocycles. The summed E-state index contributed by atoms with van der Waals surface area (Å²) in [5.74, 6) is 1.06. The van der Waals surface area contributed by atoms with Crippen molar-refractivity contribution in [3.63, 3.8) is 0 Å². The molecule has 0 bridgehead atoms. The van der Waals surface area contributed by atoms with Crippen LogP contribution in [0.2, 0.25) is 0 Å². The highest BCUT2D eigenvalue weighted by Crippen LogP contribution is 2.39. The second-order valence-corrected chi connectivity index (χ2v) is 6.76. The van der Waals surface area contributed by atoms with E-state index in [1.165, 1.54) is 5.56 Å². The normalized spacial score (nSPS) is 17.7. The van der Waals surface area contributed by atoms with Gasteiger partial charge in [0.2, 0.25) is 0 Å². The molecule has 0 spiro atoms. The van der Waals surface area contributed by atoms with E-state index in [1.54, 1.807) is 7.11 Å². The minimum Gasteiger partial charge on any atom is -0.496 e. The number of nitriles is 1. The summed E-state index contributed by atoms with van der Waals surface area (Å²) in [4.78, 5) is 13.3. The van der Waals surface area contributed by atoms with Crippen LogP contribution in [0.4, 0.5) is 0 Å². The van der Waals surface area contributed by atoms with Crippen molar-refractivity contribution in [2.45, 2.75) is 38.8 Å². The molecule has 124 valence electrons. The Kier molecular flexibility index (Phi) is 5.27. The number of benzene rings is 1. The largest absolute Gasteiger partial charge is 0.496 e. The highest BCUT2D eigenvalue weighted by atomic mass is 16.5. The van der Waals surface area contributed by atoms with E-state index in [2.05, 4.69) is 17.5 Å². The summed E-state index contributed by atoms with van der Waals surface area (Å²) in [6.45, 7) is 4.90. The molecule has 2 rings (SSSR count). The van der Waals surface area contributed by atoms with Gasteiger partial charge in [0, 0.05) is 5.56 Å². The summed E-state index contributed by atoms with van der Waals surface area (Å²) < 4.78 is 5.39. The van der Waals surface area contributed by atoms with Gasteiger partial charge >= 0.3 is 0 Å². The summed E-state index contributed by atoms with van der Waals surface area (Å²) in [5.41, 5.74) is 1.53. The number of ether oxygens (including phenoxy) is 1. The van der Waals surface area contributed by atoms with Gasteiger partial charge in [-0.1, -0.05) is 11.6 Å². The van der Waals surface area contributed by atoms with E-state index in [1.807, 2.05) is 33.0 Å². The lowest BCUT2D eigenvalue weighted by atomic mass is 9.98. The standard InChI is InChI=1S/C18H25N3O2/c1-13-5-8-16(23-4)14(9-13)10-21(3)11-17(22)20-18(2,12-19)15-6-7-15/h5,8-9,15H,6-7,10-11H2,1-4H3,(H,20,22)/p+1/t18-/m0/s1. The SMILES string of the molecule is COc1ccc(C)cc1C[NH+](C)CC(=O)N[C@@](C)(C#N)C1CC1. The van der Waals surface area contributed by atoms with Crippen molar-refractivity contribution >= 4 is 5.91 Å². The third-order valence-corrected chi connectivity index (χ3v) is 4.42. The lowest BCUT2D eigenvalue weighted by molar-refractivity contribution is -0.885. The average Bonchev–Trinajstić information content (AvgIpc) is 3.32. The predicted octanol–water partition coefficient (Wildman–Crippen LogP) is 0.827. The zero-order valence-corrected chi connectivity index (χ0v) is 14.4. The molecule has 1 unspecified atom stereocenters. The number of carbonyl (C=O) groups is 1. The van der Waals surface area contributed by atoms with Crippen LogP contribution < -0.4 is 15.0 Å². The molecule has 0 aliphatic heterocycles. The number of methoxy groups -OCH3 is 1. The number of rotatable bonds is 7. The van der Waals surface area contributed by atoms with Crippen LogP contribution in [-0.4, -0.2) is 32.1 Å². The van der Waals surface area contributed by atoms with Gasteiger partial charge in [0.1, 0.15) is 17.8 Å². The molecular weight excluding hydrogens is 290 g/mol. The second-order valence-electron chi connectivity index (χ2n) is 6.76. The van der Waals surface area contributed by atoms with Crippen LogP contribution >= 0.6 is 0 Å². The van der Waals surface area contributed by atoms with Gasteiger partial charge < -0.3 is 15.0 Å². The highest BCUT2D eigenvalue weighted by molar-refractivity contribution is 5.78. The Balaban J connectivity index is 1.94. The maximum absolute atomic E-state index is 12.3. The summed E-state index contributed by atoms with van der Waals surface area (Å²) >= 11 is 0. The Labute approximate surface area is 138 Å². The molecule has 0 saturated heterocycles. The zero-order valence-electron chi connectivity index (χ0n) is 14.4. The summed E-state index contributed by atoms with van der Waals surface area (Å²) in [7, 11) is 3.63. The van der Waals surface area contributed by atoms with E-state index in [-0.39, 0.29) is 5.91 Å². The molecule has 0 radical (unpaired) electrons. The minimum atomic E-state index is -0.724. The number of aryl methyl sites for hydroxylation is 1. The molecule has 0 heterocycles. The van der Waals surface area contributed by atoms with Gasteiger partial charge in [-0.3, -0.25) is 4.79 Å². The number of hydrogen-bond acceptors (Lipinski definition) is 3. The minimum absolute atomic E-state index is 0.0786. The van der Waals surface area contributed by atoms with Crippen molar-refractivity contribution in [3.05, 3.63) is 29.3 Å². The third-order valence-electron chi connectivity index (χ3n) is 4.42. The van der Waals surface area contributed by atoms with Crippen LogP contribution in [0.5, 0.6) is 5.75 Å². The molecule has 1 fully saturated rings. The number of nitrogens with zero attached hydrogens (tertiary/aromatic N) is 1. The topological polar surface area (TPSA) is 66.6 Å². The number of hydrogen-bond donors (Lipinski definition) is 2. The molecule has 0 aromatic heterocycles. The van der Waals surface area contributed by atoms with Crippen molar-refractivity contribution in [2.75, 3.05) is 20.7 Å². The van der Waals surface area contributed by atoms with Crippen LogP contribution in [0.3, 0.4) is 0 Å². The Bertz CT molecular complexity index is 619. The van der Waals surface area contributed by atoms with Crippen LogP contribution in [0, 0.1) is 24.2 Å². The van der Waals surface area contributed by atoms with Crippen LogP contribution in [0.25, 0.3) is 0 Å². The fourth-order valence-corrected chi connectivity index (χ4v) is 2.92. The Morgan fingerprint density at radius 2 is 2.22 bits per heavy atom. The van der Waals surface area contributed by atoms with E-state index in [0.717, 1.165) is 29.1 Å². The van der Waals surface area contributed by atoms with Gasteiger partial charge in [0.15, 0.2) is 6.54 Å². The van der Waals surface area contributed by atoms with Gasteiger partial charge in [0.25, 0.3) is 5.91 Å². The first-order valence-electron chi connectivity index (χ1n) is 8.05. The lowest BCUT2D eigenvalue weighted by Gasteiger charge is -2.24. The van der Waals surface area contributed by atoms with Crippen molar-refractivity contribution < 1.29 is 14.4 Å². The second kappa shape index (κ2) is 7.01. The molecule has 2 N–H and O–H groups in total. The van der Waals surface area contributed by atoms with Gasteiger partial charge in [-0.2, -0.15) is 5.26 Å². The Hall–Kier alpha value is -2.06. The highest BCUT2D eigenvalue weighted by Gasteiger charge is 2.43. The fourth-order valence-electron chi connectivity index (χ4n) is 2.92. The number of likely N-dealkylation sites (N-methyl/N-ethyl adjacent to an activating group) is 1. The molecule has 2 atom stereocenters. The van der Waals surface area contributed by atoms with E-state index >= 15 is 0 Å². The number of amides is 1. The predicted molar refractivity (Wildman–Crippen MR) is 88.1 cm³/mol. The van der Waals surface area contributed by atoms with Gasteiger partial charge in [-0.25, -0.2) is 0 Å². The monoisotopic (exact) mass is 316 g/mol. The van der Waals surface area contributed by atoms with Crippen LogP contribution in [-0.2, 0) is 11.3 Å². The van der Waals surface area contributed by atoms with Gasteiger partial charge in [-0.05, 0) is 44.7 Å². The molecule has 1 aliphatic rings. The van der Waals surface area contributed by atoms with E-state index < -0.39 is 5.54 Å². The molecule has 5 nitrogen and oxygen atoms in total. The van der Waals surface area contributed by atoms with Crippen molar-refractivity contribution in [1.82, 2.24) is 5.32 Å². The Morgan fingerprint density at radius 3 is 2.78 bits per heavy atom. The molecule has 23 heavy (non-hydrogen) atoms. The quantitative estimate of drug-likeness (QED) is 0.783. The van der Waals surface area contributed by atoms with Gasteiger partial charge in [0.05, 0.1) is 20.2 Å². The molecule has 5 heteroatoms.